The normalized spacial score (nSPS) is 29.2. The van der Waals surface area contributed by atoms with Gasteiger partial charge in [-0.3, -0.25) is 4.79 Å². The second-order valence-electron chi connectivity index (χ2n) is 8.93. The summed E-state index contributed by atoms with van der Waals surface area (Å²) < 4.78 is 23.3. The molecular weight excluding hydrogens is 396 g/mol. The number of primary sulfonamides is 1. The quantitative estimate of drug-likeness (QED) is 0.742. The van der Waals surface area contributed by atoms with Crippen molar-refractivity contribution >= 4 is 15.8 Å². The second-order valence-corrected chi connectivity index (χ2v) is 10.6. The monoisotopic (exact) mass is 426 g/mol. The number of rotatable bonds is 6. The van der Waals surface area contributed by atoms with Crippen LogP contribution in [0.5, 0.6) is 0 Å². The van der Waals surface area contributed by atoms with Gasteiger partial charge in [0, 0.05) is 0 Å². The molecule has 2 aliphatic rings. The van der Waals surface area contributed by atoms with E-state index in [0.29, 0.717) is 6.42 Å². The summed E-state index contributed by atoms with van der Waals surface area (Å²) >= 11 is 0. The van der Waals surface area contributed by atoms with E-state index in [1.54, 1.807) is 0 Å². The Kier molecular flexibility index (Phi) is 5.84. The number of Topliss-reactive ketones (excluding diaryl/α,β-unsaturated/α-hetero) is 1. The Bertz CT molecular complexity index is 1020. The van der Waals surface area contributed by atoms with Gasteiger partial charge in [-0.15, -0.1) is 0 Å². The Labute approximate surface area is 179 Å². The molecule has 0 spiro atoms. The van der Waals surface area contributed by atoms with E-state index in [2.05, 4.69) is 36.5 Å². The molecule has 1 unspecified atom stereocenters. The zero-order valence-corrected chi connectivity index (χ0v) is 18.2. The molecule has 1 saturated carbocycles. The number of carbonyl (C=O) groups excluding carboxylic acids is 1. The van der Waals surface area contributed by atoms with E-state index in [0.717, 1.165) is 42.5 Å². The van der Waals surface area contributed by atoms with Crippen molar-refractivity contribution in [2.45, 2.75) is 44.1 Å². The van der Waals surface area contributed by atoms with Crippen LogP contribution in [0.25, 0.3) is 11.1 Å². The van der Waals surface area contributed by atoms with Crippen LogP contribution < -0.4 is 10.5 Å². The predicted octanol–water partition coefficient (Wildman–Crippen LogP) is 3.25. The lowest BCUT2D eigenvalue weighted by Gasteiger charge is -2.27. The summed E-state index contributed by atoms with van der Waals surface area (Å²) in [4.78, 5) is 13.9. The van der Waals surface area contributed by atoms with Crippen molar-refractivity contribution in [3.63, 3.8) is 0 Å². The molecule has 2 aromatic carbocycles. The summed E-state index contributed by atoms with van der Waals surface area (Å²) in [5, 5.41) is 8.71. The average molecular weight is 427 g/mol. The van der Waals surface area contributed by atoms with Gasteiger partial charge < -0.3 is 5.32 Å². The third kappa shape index (κ3) is 4.22. The number of sulfonamides is 1. The zero-order chi connectivity index (χ0) is 21.4. The lowest BCUT2D eigenvalue weighted by molar-refractivity contribution is -0.124. The molecule has 2 fully saturated rings. The topological polar surface area (TPSA) is 89.3 Å². The molecule has 0 aromatic heterocycles. The van der Waals surface area contributed by atoms with Crippen LogP contribution >= 0.6 is 0 Å². The number of hydrogen-bond acceptors (Lipinski definition) is 4. The first-order chi connectivity index (χ1) is 14.3. The van der Waals surface area contributed by atoms with E-state index in [-0.39, 0.29) is 29.4 Å². The first-order valence-corrected chi connectivity index (χ1v) is 12.5. The fourth-order valence-corrected chi connectivity index (χ4v) is 6.17. The SMILES string of the molecule is CC1C[C@]1(C(=O)[C@H]1C[C@@H](CS(N)(=O)=O)CCCN1)c1ccccc1-c1ccccc1. The van der Waals surface area contributed by atoms with Gasteiger partial charge >= 0.3 is 0 Å². The number of nitrogens with two attached hydrogens (primary N) is 1. The van der Waals surface area contributed by atoms with Crippen LogP contribution in [0.2, 0.25) is 0 Å². The Balaban J connectivity index is 1.67. The molecule has 1 aliphatic heterocycles. The third-order valence-corrected chi connectivity index (χ3v) is 7.71. The first-order valence-electron chi connectivity index (χ1n) is 10.7. The van der Waals surface area contributed by atoms with E-state index < -0.39 is 15.4 Å². The van der Waals surface area contributed by atoms with Gasteiger partial charge in [0.15, 0.2) is 5.78 Å². The second kappa shape index (κ2) is 8.25. The van der Waals surface area contributed by atoms with E-state index >= 15 is 0 Å². The lowest BCUT2D eigenvalue weighted by Crippen LogP contribution is -2.44. The van der Waals surface area contributed by atoms with Gasteiger partial charge in [0.05, 0.1) is 17.2 Å². The van der Waals surface area contributed by atoms with Gasteiger partial charge in [0.25, 0.3) is 0 Å². The molecule has 1 saturated heterocycles. The van der Waals surface area contributed by atoms with Crippen LogP contribution in [-0.2, 0) is 20.2 Å². The van der Waals surface area contributed by atoms with Crippen molar-refractivity contribution in [3.8, 4) is 11.1 Å². The van der Waals surface area contributed by atoms with Crippen LogP contribution in [0, 0.1) is 11.8 Å². The molecule has 160 valence electrons. The Morgan fingerprint density at radius 1 is 1.13 bits per heavy atom. The standard InChI is InChI=1S/C24H30N2O3S/c1-17-15-24(17,21-12-6-5-11-20(21)19-9-3-2-4-10-19)23(27)22-14-18(8-7-13-26-22)16-30(25,28)29/h2-6,9-12,17-18,22,26H,7-8,13-16H2,1H3,(H2,25,28,29)/t17?,18-,22+,24+/m0/s1. The molecule has 4 rings (SSSR count). The Morgan fingerprint density at radius 2 is 1.80 bits per heavy atom. The smallest absolute Gasteiger partial charge is 0.209 e. The van der Waals surface area contributed by atoms with Gasteiger partial charge in [-0.2, -0.15) is 0 Å². The van der Waals surface area contributed by atoms with Crippen molar-refractivity contribution < 1.29 is 13.2 Å². The molecule has 3 N–H and O–H groups in total. The van der Waals surface area contributed by atoms with Crippen LogP contribution in [0.15, 0.2) is 54.6 Å². The number of ketones is 1. The van der Waals surface area contributed by atoms with Crippen LogP contribution in [0.1, 0.15) is 38.2 Å². The van der Waals surface area contributed by atoms with E-state index in [1.807, 2.05) is 30.3 Å². The summed E-state index contributed by atoms with van der Waals surface area (Å²) in [5.74, 6) is 0.317. The fraction of sp³-hybridized carbons (Fsp3) is 0.458. The zero-order valence-electron chi connectivity index (χ0n) is 17.4. The Hall–Kier alpha value is -2.02. The van der Waals surface area contributed by atoms with Gasteiger partial charge in [0.1, 0.15) is 0 Å². The molecule has 1 aliphatic carbocycles. The van der Waals surface area contributed by atoms with Crippen molar-refractivity contribution in [3.05, 3.63) is 60.2 Å². The molecular formula is C24H30N2O3S. The van der Waals surface area contributed by atoms with Crippen LogP contribution in [-0.4, -0.2) is 32.5 Å². The number of nitrogens with one attached hydrogen (secondary N) is 1. The summed E-state index contributed by atoms with van der Waals surface area (Å²) in [6.45, 7) is 2.86. The van der Waals surface area contributed by atoms with Crippen molar-refractivity contribution in [1.82, 2.24) is 5.32 Å². The molecule has 0 bridgehead atoms. The van der Waals surface area contributed by atoms with Crippen molar-refractivity contribution in [2.75, 3.05) is 12.3 Å². The molecule has 4 atom stereocenters. The maximum atomic E-state index is 13.9. The summed E-state index contributed by atoms with van der Waals surface area (Å²) in [5.41, 5.74) is 2.79. The maximum Gasteiger partial charge on any atom is 0.209 e. The maximum absolute atomic E-state index is 13.9. The Morgan fingerprint density at radius 3 is 2.47 bits per heavy atom. The number of hydrogen-bond donors (Lipinski definition) is 2. The summed E-state index contributed by atoms with van der Waals surface area (Å²) in [7, 11) is -3.55. The van der Waals surface area contributed by atoms with Crippen LogP contribution in [0.4, 0.5) is 0 Å². The minimum absolute atomic E-state index is 0.0540. The van der Waals surface area contributed by atoms with E-state index in [4.69, 9.17) is 5.14 Å². The highest BCUT2D eigenvalue weighted by molar-refractivity contribution is 7.89. The lowest BCUT2D eigenvalue weighted by atomic mass is 9.79. The minimum Gasteiger partial charge on any atom is -0.307 e. The largest absolute Gasteiger partial charge is 0.307 e. The van der Waals surface area contributed by atoms with Crippen LogP contribution in [0.3, 0.4) is 0 Å². The highest BCUT2D eigenvalue weighted by Gasteiger charge is 2.60. The van der Waals surface area contributed by atoms with Crippen molar-refractivity contribution in [1.29, 1.82) is 0 Å². The summed E-state index contributed by atoms with van der Waals surface area (Å²) in [6, 6.07) is 18.0. The molecule has 6 heteroatoms. The van der Waals surface area contributed by atoms with E-state index in [9.17, 15) is 13.2 Å². The highest BCUT2D eigenvalue weighted by atomic mass is 32.2. The number of carbonyl (C=O) groups is 1. The minimum atomic E-state index is -3.55. The first kappa shape index (κ1) is 21.2. The highest BCUT2D eigenvalue weighted by Crippen LogP contribution is 2.57. The third-order valence-electron chi connectivity index (χ3n) is 6.77. The molecule has 0 radical (unpaired) electrons. The fourth-order valence-electron chi connectivity index (χ4n) is 5.21. The van der Waals surface area contributed by atoms with Gasteiger partial charge in [-0.25, -0.2) is 13.6 Å². The molecule has 5 nitrogen and oxygen atoms in total. The molecule has 0 amide bonds. The predicted molar refractivity (Wildman–Crippen MR) is 119 cm³/mol. The number of benzene rings is 2. The molecule has 30 heavy (non-hydrogen) atoms. The molecule has 1 heterocycles. The van der Waals surface area contributed by atoms with Crippen molar-refractivity contribution in [2.24, 2.45) is 17.0 Å². The van der Waals surface area contributed by atoms with Gasteiger partial charge in [-0.1, -0.05) is 61.5 Å². The average Bonchev–Trinajstić information content (AvgIpc) is 3.45. The molecule has 2 aromatic rings. The van der Waals surface area contributed by atoms with E-state index in [1.165, 1.54) is 0 Å². The van der Waals surface area contributed by atoms with Gasteiger partial charge in [0.2, 0.25) is 10.0 Å². The van der Waals surface area contributed by atoms with Gasteiger partial charge in [-0.05, 0) is 60.8 Å². The summed E-state index contributed by atoms with van der Waals surface area (Å²) in [6.07, 6.45) is 2.98.